The summed E-state index contributed by atoms with van der Waals surface area (Å²) in [6, 6.07) is 53.2. The van der Waals surface area contributed by atoms with Gasteiger partial charge in [0.15, 0.2) is 0 Å². The van der Waals surface area contributed by atoms with Crippen molar-refractivity contribution in [3.63, 3.8) is 0 Å². The van der Waals surface area contributed by atoms with Gasteiger partial charge in [-0.15, -0.1) is 0 Å². The minimum atomic E-state index is 0.709. The van der Waals surface area contributed by atoms with Crippen LogP contribution >= 0.6 is 11.6 Å². The summed E-state index contributed by atoms with van der Waals surface area (Å²) in [7, 11) is 0. The fraction of sp³-hybridized carbons (Fsp3) is 0. The maximum absolute atomic E-state index is 7.36. The molecule has 6 aromatic carbocycles. The third-order valence-electron chi connectivity index (χ3n) is 8.34. The number of halogens is 1. The summed E-state index contributed by atoms with van der Waals surface area (Å²) in [4.78, 5) is 4.81. The van der Waals surface area contributed by atoms with Gasteiger partial charge in [0.1, 0.15) is 5.65 Å². The van der Waals surface area contributed by atoms with Crippen LogP contribution < -0.4 is 0 Å². The Morgan fingerprint density at radius 2 is 0.909 bits per heavy atom. The van der Waals surface area contributed by atoms with Crippen LogP contribution in [0.3, 0.4) is 0 Å². The minimum absolute atomic E-state index is 0.709. The number of aromatic nitrogens is 2. The second-order valence-corrected chi connectivity index (χ2v) is 11.3. The van der Waals surface area contributed by atoms with Crippen LogP contribution in [0.15, 0.2) is 164 Å². The maximum atomic E-state index is 7.36. The number of pyridine rings is 1. The lowest BCUT2D eigenvalue weighted by atomic mass is 9.78. The van der Waals surface area contributed by atoms with Gasteiger partial charge >= 0.3 is 0 Å². The average molecular weight is 583 g/mol. The predicted octanol–water partition coefficient (Wildman–Crippen LogP) is 11.5. The Morgan fingerprint density at radius 1 is 0.432 bits per heavy atom. The molecule has 0 aliphatic heterocycles. The number of hydrogen-bond donors (Lipinski definition) is 0. The molecule has 0 amide bonds. The third kappa shape index (κ3) is 4.31. The van der Waals surface area contributed by atoms with Gasteiger partial charge < -0.3 is 4.57 Å². The third-order valence-corrected chi connectivity index (χ3v) is 8.66. The number of benzene rings is 6. The van der Waals surface area contributed by atoms with Gasteiger partial charge in [0, 0.05) is 39.1 Å². The minimum Gasteiger partial charge on any atom is -0.301 e. The van der Waals surface area contributed by atoms with Crippen LogP contribution in [0.2, 0.25) is 5.02 Å². The zero-order valence-electron chi connectivity index (χ0n) is 23.9. The van der Waals surface area contributed by atoms with E-state index in [1.165, 1.54) is 5.56 Å². The van der Waals surface area contributed by atoms with Crippen LogP contribution in [-0.4, -0.2) is 9.55 Å². The van der Waals surface area contributed by atoms with Crippen molar-refractivity contribution in [3.05, 3.63) is 169 Å². The van der Waals surface area contributed by atoms with Crippen molar-refractivity contribution >= 4 is 33.4 Å². The first-order valence-electron chi connectivity index (χ1n) is 14.8. The van der Waals surface area contributed by atoms with E-state index < -0.39 is 0 Å². The molecule has 0 unspecified atom stereocenters. The molecule has 0 N–H and O–H groups in total. The number of nitrogens with zero attached hydrogens (tertiary/aromatic N) is 2. The van der Waals surface area contributed by atoms with Crippen LogP contribution in [0.4, 0.5) is 0 Å². The first-order valence-corrected chi connectivity index (χ1v) is 15.1. The van der Waals surface area contributed by atoms with Gasteiger partial charge in [-0.05, 0) is 69.3 Å². The molecular weight excluding hydrogens is 556 g/mol. The van der Waals surface area contributed by atoms with Crippen LogP contribution in [-0.2, 0) is 0 Å². The van der Waals surface area contributed by atoms with E-state index >= 15 is 0 Å². The topological polar surface area (TPSA) is 17.8 Å². The van der Waals surface area contributed by atoms with Crippen molar-refractivity contribution in [3.8, 4) is 50.2 Å². The van der Waals surface area contributed by atoms with Gasteiger partial charge in [-0.25, -0.2) is 4.98 Å². The van der Waals surface area contributed by atoms with Gasteiger partial charge in [0.2, 0.25) is 0 Å². The van der Waals surface area contributed by atoms with Crippen molar-refractivity contribution in [2.24, 2.45) is 0 Å². The second-order valence-electron chi connectivity index (χ2n) is 10.9. The van der Waals surface area contributed by atoms with E-state index in [9.17, 15) is 0 Å². The number of rotatable bonds is 5. The summed E-state index contributed by atoms with van der Waals surface area (Å²) in [5.74, 6) is 0. The van der Waals surface area contributed by atoms with Gasteiger partial charge in [0.05, 0.1) is 5.69 Å². The van der Waals surface area contributed by atoms with Crippen molar-refractivity contribution < 1.29 is 0 Å². The molecule has 2 aromatic heterocycles. The van der Waals surface area contributed by atoms with E-state index in [4.69, 9.17) is 16.6 Å². The molecule has 8 rings (SSSR count). The molecule has 0 atom stereocenters. The van der Waals surface area contributed by atoms with E-state index in [1.807, 2.05) is 18.3 Å². The Hall–Kier alpha value is -5.44. The van der Waals surface area contributed by atoms with E-state index in [1.54, 1.807) is 0 Å². The Morgan fingerprint density at radius 3 is 1.43 bits per heavy atom. The smallest absolute Gasteiger partial charge is 0.144 e. The van der Waals surface area contributed by atoms with Crippen LogP contribution in [0.25, 0.3) is 72.0 Å². The van der Waals surface area contributed by atoms with Gasteiger partial charge in [-0.1, -0.05) is 133 Å². The molecule has 0 aliphatic rings. The van der Waals surface area contributed by atoms with Gasteiger partial charge in [-0.2, -0.15) is 0 Å². The normalized spacial score (nSPS) is 11.3. The number of hydrogen-bond acceptors (Lipinski definition) is 1. The fourth-order valence-corrected chi connectivity index (χ4v) is 6.75. The highest BCUT2D eigenvalue weighted by Crippen LogP contribution is 2.53. The molecule has 3 heteroatoms. The quantitative estimate of drug-likeness (QED) is 0.197. The molecule has 0 spiro atoms. The molecule has 0 saturated heterocycles. The highest BCUT2D eigenvalue weighted by atomic mass is 35.5. The second kappa shape index (κ2) is 11.0. The fourth-order valence-electron chi connectivity index (χ4n) is 6.50. The Balaban J connectivity index is 1.69. The monoisotopic (exact) mass is 582 g/mol. The van der Waals surface area contributed by atoms with Crippen molar-refractivity contribution in [2.45, 2.75) is 0 Å². The first kappa shape index (κ1) is 26.2. The molecular formula is C41H27ClN2. The molecule has 2 heterocycles. The Kier molecular flexibility index (Phi) is 6.55. The lowest BCUT2D eigenvalue weighted by Crippen LogP contribution is -2.02. The lowest BCUT2D eigenvalue weighted by Gasteiger charge is -2.26. The maximum Gasteiger partial charge on any atom is 0.144 e. The molecule has 8 aromatic rings. The zero-order chi connectivity index (χ0) is 29.5. The molecule has 44 heavy (non-hydrogen) atoms. The van der Waals surface area contributed by atoms with Crippen LogP contribution in [0, 0.1) is 0 Å². The summed E-state index contributed by atoms with van der Waals surface area (Å²) in [5.41, 5.74) is 11.0. The van der Waals surface area contributed by atoms with E-state index in [-0.39, 0.29) is 0 Å². The van der Waals surface area contributed by atoms with E-state index in [0.717, 1.165) is 66.4 Å². The van der Waals surface area contributed by atoms with Crippen molar-refractivity contribution in [2.75, 3.05) is 0 Å². The van der Waals surface area contributed by atoms with E-state index in [2.05, 4.69) is 150 Å². The average Bonchev–Trinajstić information content (AvgIpc) is 3.53. The molecule has 208 valence electrons. The number of fused-ring (bicyclic) bond motifs is 2. The SMILES string of the molecule is Clc1ccc(-n2ccc3cccnc32)c2c(-c3ccccc3)c(-c3ccccc3)c(-c3ccccc3)c(-c3ccccc3)c12. The summed E-state index contributed by atoms with van der Waals surface area (Å²) in [6.07, 6.45) is 3.97. The highest BCUT2D eigenvalue weighted by molar-refractivity contribution is 6.39. The highest BCUT2D eigenvalue weighted by Gasteiger charge is 2.27. The van der Waals surface area contributed by atoms with Gasteiger partial charge in [-0.3, -0.25) is 0 Å². The van der Waals surface area contributed by atoms with Crippen molar-refractivity contribution in [1.29, 1.82) is 0 Å². The molecule has 0 saturated carbocycles. The summed E-state index contributed by atoms with van der Waals surface area (Å²) >= 11 is 7.36. The summed E-state index contributed by atoms with van der Waals surface area (Å²) in [6.45, 7) is 0. The standard InChI is InChI=1S/C41H27ClN2/c42-33-23-24-34(44-27-25-32-22-13-26-43-41(32)44)40-38(31-20-11-4-12-21-31)36(29-16-7-2-8-17-29)35(28-14-5-1-6-15-28)37(39(33)40)30-18-9-3-10-19-30/h1-27H. The molecule has 0 bridgehead atoms. The molecule has 0 radical (unpaired) electrons. The van der Waals surface area contributed by atoms with Crippen LogP contribution in [0.1, 0.15) is 0 Å². The molecule has 0 fully saturated rings. The molecule has 2 nitrogen and oxygen atoms in total. The Labute approximate surface area is 261 Å². The van der Waals surface area contributed by atoms with Crippen molar-refractivity contribution in [1.82, 2.24) is 9.55 Å². The van der Waals surface area contributed by atoms with Crippen LogP contribution in [0.5, 0.6) is 0 Å². The zero-order valence-corrected chi connectivity index (χ0v) is 24.6. The van der Waals surface area contributed by atoms with Gasteiger partial charge in [0.25, 0.3) is 0 Å². The molecule has 0 aliphatic carbocycles. The van der Waals surface area contributed by atoms with E-state index in [0.29, 0.717) is 5.02 Å². The first-order chi connectivity index (χ1) is 21.8. The lowest BCUT2D eigenvalue weighted by molar-refractivity contribution is 1.11. The largest absolute Gasteiger partial charge is 0.301 e. The predicted molar refractivity (Wildman–Crippen MR) is 185 cm³/mol. The summed E-state index contributed by atoms with van der Waals surface area (Å²) in [5, 5.41) is 3.90. The Bertz CT molecular complexity index is 2260. The summed E-state index contributed by atoms with van der Waals surface area (Å²) < 4.78 is 2.20.